The van der Waals surface area contributed by atoms with Gasteiger partial charge in [-0.3, -0.25) is 4.79 Å². The van der Waals surface area contributed by atoms with E-state index < -0.39 is 23.0 Å². The minimum Gasteiger partial charge on any atom is -0.496 e. The number of fused-ring (bicyclic) bond motifs is 1. The van der Waals surface area contributed by atoms with E-state index in [9.17, 15) is 14.7 Å². The third-order valence-electron chi connectivity index (χ3n) is 4.99. The highest BCUT2D eigenvalue weighted by Gasteiger charge is 2.54. The summed E-state index contributed by atoms with van der Waals surface area (Å²) in [5.74, 6) is -0.993. The zero-order chi connectivity index (χ0) is 17.3. The predicted molar refractivity (Wildman–Crippen MR) is 85.7 cm³/mol. The fourth-order valence-corrected chi connectivity index (χ4v) is 3.12. The highest BCUT2D eigenvalue weighted by atomic mass is 16.6. The minimum atomic E-state index is -2.16. The Balaban J connectivity index is 2.34. The molecule has 0 radical (unpaired) electrons. The zero-order valence-electron chi connectivity index (χ0n) is 14.1. The number of esters is 1. The van der Waals surface area contributed by atoms with Crippen LogP contribution < -0.4 is 4.74 Å². The number of hydrogen-bond acceptors (Lipinski definition) is 5. The van der Waals surface area contributed by atoms with Gasteiger partial charge in [0.1, 0.15) is 11.4 Å². The molecule has 0 saturated heterocycles. The Labute approximate surface area is 136 Å². The number of rotatable bonds is 6. The van der Waals surface area contributed by atoms with Crippen LogP contribution in [0.2, 0.25) is 0 Å². The van der Waals surface area contributed by atoms with E-state index in [0.29, 0.717) is 36.1 Å². The molecule has 0 aliphatic heterocycles. The van der Waals surface area contributed by atoms with Crippen LogP contribution in [0.15, 0.2) is 18.2 Å². The quantitative estimate of drug-likeness (QED) is 0.644. The van der Waals surface area contributed by atoms with Crippen LogP contribution in [0.3, 0.4) is 0 Å². The second kappa shape index (κ2) is 6.32. The molecule has 0 amide bonds. The lowest BCUT2D eigenvalue weighted by atomic mass is 9.92. The summed E-state index contributed by atoms with van der Waals surface area (Å²) in [6, 6.07) is 4.97. The molecular weight excluding hydrogens is 296 g/mol. The second-order valence-electron chi connectivity index (χ2n) is 5.99. The largest absolute Gasteiger partial charge is 0.496 e. The van der Waals surface area contributed by atoms with Crippen molar-refractivity contribution in [2.24, 2.45) is 0 Å². The fourth-order valence-electron chi connectivity index (χ4n) is 3.12. The molecule has 5 nitrogen and oxygen atoms in total. The van der Waals surface area contributed by atoms with Crippen LogP contribution in [0.4, 0.5) is 0 Å². The summed E-state index contributed by atoms with van der Waals surface area (Å²) < 4.78 is 10.8. The molecule has 1 aliphatic carbocycles. The Bertz CT molecular complexity index is 610. The Hall–Kier alpha value is -1.88. The third kappa shape index (κ3) is 2.74. The first-order valence-corrected chi connectivity index (χ1v) is 8.04. The summed E-state index contributed by atoms with van der Waals surface area (Å²) in [6.07, 6.45) is 1.78. The molecule has 0 unspecified atom stereocenters. The van der Waals surface area contributed by atoms with Gasteiger partial charge in [-0.05, 0) is 25.3 Å². The lowest BCUT2D eigenvalue weighted by Gasteiger charge is -2.33. The molecule has 0 fully saturated rings. The summed E-state index contributed by atoms with van der Waals surface area (Å²) in [5.41, 5.74) is -1.94. The smallest absolute Gasteiger partial charge is 0.347 e. The maximum Gasteiger partial charge on any atom is 0.347 e. The van der Waals surface area contributed by atoms with Crippen LogP contribution in [0, 0.1) is 0 Å². The molecule has 1 N–H and O–H groups in total. The van der Waals surface area contributed by atoms with E-state index in [1.165, 1.54) is 7.11 Å². The SMILES string of the molecule is CCC(CC)(CC)OC(=O)[C@]1(O)Cc2c(OC)cccc2C1=O. The van der Waals surface area contributed by atoms with Gasteiger partial charge in [-0.1, -0.05) is 32.9 Å². The predicted octanol–water partition coefficient (Wildman–Crippen LogP) is 2.68. The monoisotopic (exact) mass is 320 g/mol. The van der Waals surface area contributed by atoms with E-state index in [1.807, 2.05) is 20.8 Å². The van der Waals surface area contributed by atoms with Crippen molar-refractivity contribution in [3.05, 3.63) is 29.3 Å². The van der Waals surface area contributed by atoms with Gasteiger partial charge >= 0.3 is 5.97 Å². The fraction of sp³-hybridized carbons (Fsp3) is 0.556. The van der Waals surface area contributed by atoms with Crippen molar-refractivity contribution in [2.75, 3.05) is 7.11 Å². The molecular formula is C18H24O5. The Morgan fingerprint density at radius 3 is 2.39 bits per heavy atom. The van der Waals surface area contributed by atoms with Crippen molar-refractivity contribution < 1.29 is 24.2 Å². The van der Waals surface area contributed by atoms with Crippen molar-refractivity contribution in [2.45, 2.75) is 57.7 Å². The van der Waals surface area contributed by atoms with Crippen LogP contribution in [-0.4, -0.2) is 35.2 Å². The summed E-state index contributed by atoms with van der Waals surface area (Å²) in [6.45, 7) is 5.79. The summed E-state index contributed by atoms with van der Waals surface area (Å²) in [7, 11) is 1.49. The summed E-state index contributed by atoms with van der Waals surface area (Å²) in [4.78, 5) is 25.2. The van der Waals surface area contributed by atoms with Gasteiger partial charge in [0.25, 0.3) is 0 Å². The number of Topliss-reactive ketones (excluding diaryl/α,β-unsaturated/α-hetero) is 1. The summed E-state index contributed by atoms with van der Waals surface area (Å²) >= 11 is 0. The van der Waals surface area contributed by atoms with Gasteiger partial charge in [0.15, 0.2) is 0 Å². The van der Waals surface area contributed by atoms with Gasteiger partial charge in [-0.25, -0.2) is 4.79 Å². The lowest BCUT2D eigenvalue weighted by Crippen LogP contribution is -2.49. The average Bonchev–Trinajstić information content (AvgIpc) is 2.85. The van der Waals surface area contributed by atoms with Gasteiger partial charge in [0.2, 0.25) is 11.4 Å². The van der Waals surface area contributed by atoms with E-state index in [4.69, 9.17) is 9.47 Å². The van der Waals surface area contributed by atoms with Gasteiger partial charge in [0, 0.05) is 17.5 Å². The number of hydrogen-bond donors (Lipinski definition) is 1. The van der Waals surface area contributed by atoms with Gasteiger partial charge in [-0.2, -0.15) is 0 Å². The normalized spacial score (nSPS) is 20.3. The van der Waals surface area contributed by atoms with Crippen molar-refractivity contribution in [1.29, 1.82) is 0 Å². The minimum absolute atomic E-state index is 0.114. The van der Waals surface area contributed by atoms with Crippen LogP contribution in [0.25, 0.3) is 0 Å². The highest BCUT2D eigenvalue weighted by molar-refractivity contribution is 6.19. The molecule has 5 heteroatoms. The van der Waals surface area contributed by atoms with Gasteiger partial charge in [-0.15, -0.1) is 0 Å². The van der Waals surface area contributed by atoms with Crippen LogP contribution >= 0.6 is 0 Å². The van der Waals surface area contributed by atoms with Crippen molar-refractivity contribution in [1.82, 2.24) is 0 Å². The lowest BCUT2D eigenvalue weighted by molar-refractivity contribution is -0.177. The maximum atomic E-state index is 12.6. The van der Waals surface area contributed by atoms with E-state index in [-0.39, 0.29) is 6.42 Å². The zero-order valence-corrected chi connectivity index (χ0v) is 14.1. The molecule has 0 spiro atoms. The number of methoxy groups -OCH3 is 1. The third-order valence-corrected chi connectivity index (χ3v) is 4.99. The second-order valence-corrected chi connectivity index (χ2v) is 5.99. The average molecular weight is 320 g/mol. The van der Waals surface area contributed by atoms with E-state index in [1.54, 1.807) is 18.2 Å². The molecule has 23 heavy (non-hydrogen) atoms. The van der Waals surface area contributed by atoms with Gasteiger partial charge < -0.3 is 14.6 Å². The van der Waals surface area contributed by atoms with Crippen molar-refractivity contribution in [3.63, 3.8) is 0 Å². The first kappa shape index (κ1) is 17.5. The van der Waals surface area contributed by atoms with E-state index in [2.05, 4.69) is 0 Å². The van der Waals surface area contributed by atoms with Crippen LogP contribution in [-0.2, 0) is 16.0 Å². The highest BCUT2D eigenvalue weighted by Crippen LogP contribution is 2.38. The van der Waals surface area contributed by atoms with Crippen molar-refractivity contribution >= 4 is 11.8 Å². The van der Waals surface area contributed by atoms with Gasteiger partial charge in [0.05, 0.1) is 7.11 Å². The molecule has 1 aromatic rings. The first-order chi connectivity index (χ1) is 10.9. The Kier molecular flexibility index (Phi) is 4.80. The molecule has 126 valence electrons. The first-order valence-electron chi connectivity index (χ1n) is 8.04. The molecule has 1 atom stereocenters. The number of carbonyl (C=O) groups excluding carboxylic acids is 2. The molecule has 2 rings (SSSR count). The summed E-state index contributed by atoms with van der Waals surface area (Å²) in [5, 5.41) is 10.7. The molecule has 1 aliphatic rings. The molecule has 1 aromatic carbocycles. The number of carbonyl (C=O) groups is 2. The molecule has 0 saturated carbocycles. The number of ether oxygens (including phenoxy) is 2. The van der Waals surface area contributed by atoms with Crippen LogP contribution in [0.5, 0.6) is 5.75 Å². The van der Waals surface area contributed by atoms with Crippen molar-refractivity contribution in [3.8, 4) is 5.75 Å². The Morgan fingerprint density at radius 1 is 1.26 bits per heavy atom. The number of ketones is 1. The van der Waals surface area contributed by atoms with Crippen LogP contribution in [0.1, 0.15) is 56.0 Å². The Morgan fingerprint density at radius 2 is 1.87 bits per heavy atom. The van der Waals surface area contributed by atoms with E-state index in [0.717, 1.165) is 0 Å². The number of aliphatic hydroxyl groups is 1. The molecule has 0 bridgehead atoms. The maximum absolute atomic E-state index is 12.6. The topological polar surface area (TPSA) is 72.8 Å². The van der Waals surface area contributed by atoms with E-state index >= 15 is 0 Å². The molecule has 0 aromatic heterocycles. The standard InChI is InChI=1S/C18H24O5/c1-5-17(6-2,7-3)23-16(20)18(21)11-13-12(15(18)19)9-8-10-14(13)22-4/h8-10,21H,5-7,11H2,1-4H3/t18-/m0/s1. The number of benzene rings is 1. The molecule has 0 heterocycles.